The van der Waals surface area contributed by atoms with E-state index in [1.54, 1.807) is 0 Å². The van der Waals surface area contributed by atoms with Crippen LogP contribution in [0.3, 0.4) is 0 Å². The van der Waals surface area contributed by atoms with Gasteiger partial charge in [0.1, 0.15) is 0 Å². The largest absolute Gasteiger partial charge is 0.368 e. The summed E-state index contributed by atoms with van der Waals surface area (Å²) < 4.78 is 1.19. The minimum atomic E-state index is 0.223. The van der Waals surface area contributed by atoms with Gasteiger partial charge in [-0.05, 0) is 0 Å². The van der Waals surface area contributed by atoms with E-state index in [1.165, 1.54) is 10.6 Å². The van der Waals surface area contributed by atoms with Gasteiger partial charge in [-0.15, -0.1) is 0 Å². The molecule has 0 aromatic heterocycles. The molecule has 1 rings (SSSR count). The van der Waals surface area contributed by atoms with E-state index in [0.29, 0.717) is 12.1 Å². The molecule has 1 aliphatic rings. The van der Waals surface area contributed by atoms with Crippen molar-refractivity contribution in [3.63, 3.8) is 0 Å². The second kappa shape index (κ2) is 2.58. The van der Waals surface area contributed by atoms with Gasteiger partial charge in [-0.25, -0.2) is 9.41 Å². The lowest BCUT2D eigenvalue weighted by atomic mass is 10.3. The quantitative estimate of drug-likeness (QED) is 0.509. The average Bonchev–Trinajstić information content (AvgIpc) is 1.95. The van der Waals surface area contributed by atoms with Crippen LogP contribution in [0, 0.1) is 11.3 Å². The molecule has 0 spiro atoms. The fourth-order valence-electron chi connectivity index (χ4n) is 0.542. The van der Waals surface area contributed by atoms with Crippen LogP contribution in [0.2, 0.25) is 0 Å². The molecule has 0 amide bonds. The molecule has 4 nitrogen and oxygen atoms in total. The minimum absolute atomic E-state index is 0.223. The Morgan fingerprint density at radius 1 is 1.90 bits per heavy atom. The Balaban J connectivity index is 2.81. The Morgan fingerprint density at radius 2 is 2.60 bits per heavy atom. The summed E-state index contributed by atoms with van der Waals surface area (Å²) in [5.74, 6) is 0.223. The molecular formula is C5H5ClN4. The van der Waals surface area contributed by atoms with Gasteiger partial charge < -0.3 is 5.73 Å². The van der Waals surface area contributed by atoms with Crippen LogP contribution in [0.15, 0.2) is 16.8 Å². The first-order chi connectivity index (χ1) is 4.74. The molecule has 0 radical (unpaired) electrons. The van der Waals surface area contributed by atoms with Gasteiger partial charge >= 0.3 is 0 Å². The summed E-state index contributed by atoms with van der Waals surface area (Å²) in [4.78, 5) is 3.67. The first kappa shape index (κ1) is 6.90. The second-order valence-corrected chi connectivity index (χ2v) is 2.18. The van der Waals surface area contributed by atoms with Crippen molar-refractivity contribution in [1.82, 2.24) is 4.42 Å². The number of nitrogens with zero attached hydrogens (tertiary/aromatic N) is 3. The molecule has 0 saturated carbocycles. The van der Waals surface area contributed by atoms with Crippen molar-refractivity contribution < 1.29 is 0 Å². The zero-order valence-electron chi connectivity index (χ0n) is 5.08. The van der Waals surface area contributed by atoms with Gasteiger partial charge in [-0.2, -0.15) is 5.26 Å². The molecule has 0 bridgehead atoms. The Morgan fingerprint density at radius 3 is 3.10 bits per heavy atom. The highest BCUT2D eigenvalue weighted by molar-refractivity contribution is 6.22. The molecule has 52 valence electrons. The molecule has 1 aliphatic heterocycles. The van der Waals surface area contributed by atoms with E-state index in [0.717, 1.165) is 0 Å². The molecule has 0 aliphatic carbocycles. The van der Waals surface area contributed by atoms with Crippen LogP contribution in [0.5, 0.6) is 0 Å². The number of nitrogens with two attached hydrogens (primary N) is 1. The van der Waals surface area contributed by atoms with E-state index in [9.17, 15) is 0 Å². The lowest BCUT2D eigenvalue weighted by Gasteiger charge is -2.15. The predicted octanol–water partition coefficient (Wildman–Crippen LogP) is 0.178. The Hall–Kier alpha value is -1.21. The van der Waals surface area contributed by atoms with Crippen molar-refractivity contribution >= 4 is 17.7 Å². The molecule has 1 heterocycles. The first-order valence-corrected chi connectivity index (χ1v) is 2.93. The maximum Gasteiger partial charge on any atom is 0.211 e. The van der Waals surface area contributed by atoms with Crippen LogP contribution in [0.1, 0.15) is 0 Å². The van der Waals surface area contributed by atoms with E-state index in [4.69, 9.17) is 22.8 Å². The molecule has 0 fully saturated rings. The average molecular weight is 157 g/mol. The monoisotopic (exact) mass is 156 g/mol. The summed E-state index contributed by atoms with van der Waals surface area (Å²) in [6, 6.07) is 1.93. The predicted molar refractivity (Wildman–Crippen MR) is 37.9 cm³/mol. The molecule has 0 aromatic rings. The lowest BCUT2D eigenvalue weighted by Crippen LogP contribution is -2.32. The maximum atomic E-state index is 8.38. The van der Waals surface area contributed by atoms with Crippen LogP contribution < -0.4 is 5.73 Å². The highest BCUT2D eigenvalue weighted by Gasteiger charge is 2.10. The van der Waals surface area contributed by atoms with Crippen LogP contribution in [0.25, 0.3) is 0 Å². The highest BCUT2D eigenvalue weighted by atomic mass is 35.5. The van der Waals surface area contributed by atoms with E-state index < -0.39 is 0 Å². The van der Waals surface area contributed by atoms with Gasteiger partial charge in [0.15, 0.2) is 0 Å². The van der Waals surface area contributed by atoms with Crippen molar-refractivity contribution in [3.05, 3.63) is 11.8 Å². The van der Waals surface area contributed by atoms with Crippen molar-refractivity contribution in [2.24, 2.45) is 10.7 Å². The summed E-state index contributed by atoms with van der Waals surface area (Å²) in [6.07, 6.45) is 1.41. The number of hydrogen-bond acceptors (Lipinski definition) is 4. The van der Waals surface area contributed by atoms with E-state index >= 15 is 0 Å². The highest BCUT2D eigenvalue weighted by Crippen LogP contribution is 2.06. The third-order valence-electron chi connectivity index (χ3n) is 1.05. The van der Waals surface area contributed by atoms with E-state index in [-0.39, 0.29) is 5.96 Å². The minimum Gasteiger partial charge on any atom is -0.368 e. The molecular weight excluding hydrogens is 152 g/mol. The second-order valence-electron chi connectivity index (χ2n) is 1.77. The number of halogens is 1. The molecule has 5 heteroatoms. The summed E-state index contributed by atoms with van der Waals surface area (Å²) in [7, 11) is 0. The molecule has 10 heavy (non-hydrogen) atoms. The van der Waals surface area contributed by atoms with E-state index in [2.05, 4.69) is 4.99 Å². The summed E-state index contributed by atoms with van der Waals surface area (Å²) in [5.41, 5.74) is 5.79. The van der Waals surface area contributed by atoms with Gasteiger partial charge in [-0.1, -0.05) is 0 Å². The van der Waals surface area contributed by atoms with E-state index in [1.807, 2.05) is 6.07 Å². The SMILES string of the molecule is N#CC1=CN=C(N)N(Cl)C1. The van der Waals surface area contributed by atoms with Crippen molar-refractivity contribution in [2.75, 3.05) is 6.54 Å². The molecule has 0 saturated heterocycles. The fourth-order valence-corrected chi connectivity index (χ4v) is 0.715. The number of aliphatic imine (C=N–C) groups is 1. The Bertz CT molecular complexity index is 237. The fraction of sp³-hybridized carbons (Fsp3) is 0.200. The summed E-state index contributed by atoms with van der Waals surface area (Å²) >= 11 is 5.53. The zero-order valence-corrected chi connectivity index (χ0v) is 5.84. The number of guanidine groups is 1. The number of nitriles is 1. The standard InChI is InChI=1S/C5H5ClN4/c6-10-3-4(1-7)2-9-5(10)8/h2H,3H2,(H2,8,9). The molecule has 2 N–H and O–H groups in total. The number of hydrogen-bond donors (Lipinski definition) is 1. The van der Waals surface area contributed by atoms with Gasteiger partial charge in [0, 0.05) is 18.0 Å². The normalized spacial score (nSPS) is 17.4. The Labute approximate surface area is 63.3 Å². The van der Waals surface area contributed by atoms with Crippen LogP contribution in [-0.4, -0.2) is 16.9 Å². The van der Waals surface area contributed by atoms with Crippen LogP contribution >= 0.6 is 11.8 Å². The van der Waals surface area contributed by atoms with Gasteiger partial charge in [0.2, 0.25) is 5.96 Å². The van der Waals surface area contributed by atoms with Gasteiger partial charge in [-0.3, -0.25) is 0 Å². The Kier molecular flexibility index (Phi) is 1.78. The molecule has 0 unspecified atom stereocenters. The smallest absolute Gasteiger partial charge is 0.211 e. The topological polar surface area (TPSA) is 65.4 Å². The first-order valence-electron chi connectivity index (χ1n) is 2.60. The van der Waals surface area contributed by atoms with Crippen molar-refractivity contribution in [1.29, 1.82) is 5.26 Å². The summed E-state index contributed by atoms with van der Waals surface area (Å²) in [6.45, 7) is 0.327. The van der Waals surface area contributed by atoms with Gasteiger partial charge in [0.25, 0.3) is 0 Å². The number of rotatable bonds is 0. The van der Waals surface area contributed by atoms with Crippen molar-refractivity contribution in [2.45, 2.75) is 0 Å². The van der Waals surface area contributed by atoms with Crippen LogP contribution in [-0.2, 0) is 0 Å². The maximum absolute atomic E-state index is 8.38. The lowest BCUT2D eigenvalue weighted by molar-refractivity contribution is 0.699. The zero-order chi connectivity index (χ0) is 7.56. The molecule has 0 aromatic carbocycles. The third kappa shape index (κ3) is 1.20. The third-order valence-corrected chi connectivity index (χ3v) is 1.35. The van der Waals surface area contributed by atoms with Crippen molar-refractivity contribution in [3.8, 4) is 6.07 Å². The van der Waals surface area contributed by atoms with Crippen LogP contribution in [0.4, 0.5) is 0 Å². The molecule has 0 atom stereocenters. The van der Waals surface area contributed by atoms with Gasteiger partial charge in [0.05, 0.1) is 18.2 Å². The summed E-state index contributed by atoms with van der Waals surface area (Å²) in [5, 5.41) is 8.38.